The normalized spacial score (nSPS) is 22.6. The van der Waals surface area contributed by atoms with Crippen LogP contribution in [0.25, 0.3) is 0 Å². The minimum absolute atomic E-state index is 0.0125. The zero-order chi connectivity index (χ0) is 20.4. The Bertz CT molecular complexity index is 892. The summed E-state index contributed by atoms with van der Waals surface area (Å²) in [6.07, 6.45) is 1.44. The maximum absolute atomic E-state index is 13.0. The van der Waals surface area contributed by atoms with E-state index >= 15 is 0 Å². The molecule has 0 radical (unpaired) electrons. The molecule has 0 aliphatic carbocycles. The summed E-state index contributed by atoms with van der Waals surface area (Å²) in [6.45, 7) is 5.75. The van der Waals surface area contributed by atoms with Crippen LogP contribution in [0.15, 0.2) is 18.2 Å². The number of H-pyrrole nitrogens is 1. The van der Waals surface area contributed by atoms with Gasteiger partial charge in [0, 0.05) is 37.9 Å². The molecule has 2 atom stereocenters. The minimum atomic E-state index is -0.241. The maximum Gasteiger partial charge on any atom is 0.272 e. The first-order valence-corrected chi connectivity index (χ1v) is 10.0. The molecule has 9 nitrogen and oxygen atoms in total. The van der Waals surface area contributed by atoms with Crippen LogP contribution in [0.3, 0.4) is 0 Å². The zero-order valence-electron chi connectivity index (χ0n) is 16.7. The van der Waals surface area contributed by atoms with Crippen molar-refractivity contribution in [3.63, 3.8) is 0 Å². The van der Waals surface area contributed by atoms with Crippen LogP contribution in [0.4, 0.5) is 0 Å². The Balaban J connectivity index is 1.52. The lowest BCUT2D eigenvalue weighted by atomic mass is 9.97. The smallest absolute Gasteiger partial charge is 0.272 e. The van der Waals surface area contributed by atoms with Crippen LogP contribution in [0.2, 0.25) is 0 Å². The lowest BCUT2D eigenvalue weighted by Gasteiger charge is -2.24. The number of aromatic amines is 1. The van der Waals surface area contributed by atoms with Gasteiger partial charge in [-0.15, -0.1) is 0 Å². The monoisotopic (exact) mass is 398 g/mol. The van der Waals surface area contributed by atoms with Crippen molar-refractivity contribution in [2.24, 2.45) is 5.92 Å². The second kappa shape index (κ2) is 8.28. The van der Waals surface area contributed by atoms with Crippen LogP contribution in [0, 0.1) is 19.8 Å². The van der Waals surface area contributed by atoms with Crippen LogP contribution in [-0.2, 0) is 9.53 Å². The van der Waals surface area contributed by atoms with E-state index in [0.717, 1.165) is 18.5 Å². The molecule has 2 fully saturated rings. The van der Waals surface area contributed by atoms with Crippen molar-refractivity contribution in [1.82, 2.24) is 30.4 Å². The molecule has 9 heteroatoms. The zero-order valence-corrected chi connectivity index (χ0v) is 16.7. The molecule has 4 rings (SSSR count). The minimum Gasteiger partial charge on any atom is -0.381 e. The molecule has 4 heterocycles. The van der Waals surface area contributed by atoms with Gasteiger partial charge in [-0.1, -0.05) is 6.07 Å². The van der Waals surface area contributed by atoms with E-state index in [9.17, 15) is 9.59 Å². The van der Waals surface area contributed by atoms with Gasteiger partial charge in [-0.05, 0) is 38.8 Å². The Morgan fingerprint density at radius 3 is 2.66 bits per heavy atom. The number of nitrogens with one attached hydrogen (secondary N) is 2. The SMILES string of the molecule is Cc1cccc(C(=O)N2C[C@@H](NC(=O)C3CCOCC3)[C@H](c3n[nH]c(C)n3)C2)n1. The van der Waals surface area contributed by atoms with Crippen LogP contribution in [0.1, 0.15) is 46.6 Å². The van der Waals surface area contributed by atoms with Crippen LogP contribution in [-0.4, -0.2) is 69.2 Å². The van der Waals surface area contributed by atoms with Gasteiger partial charge in [-0.3, -0.25) is 14.7 Å². The molecule has 2 aliphatic heterocycles. The van der Waals surface area contributed by atoms with Gasteiger partial charge >= 0.3 is 0 Å². The van der Waals surface area contributed by atoms with Gasteiger partial charge in [0.2, 0.25) is 5.91 Å². The number of aryl methyl sites for hydroxylation is 2. The van der Waals surface area contributed by atoms with Gasteiger partial charge in [0.1, 0.15) is 11.5 Å². The number of nitrogens with zero attached hydrogens (tertiary/aromatic N) is 4. The average Bonchev–Trinajstić information content (AvgIpc) is 3.34. The molecule has 154 valence electrons. The summed E-state index contributed by atoms with van der Waals surface area (Å²) in [7, 11) is 0. The quantitative estimate of drug-likeness (QED) is 0.793. The van der Waals surface area contributed by atoms with Crippen molar-refractivity contribution in [3.8, 4) is 0 Å². The highest BCUT2D eigenvalue weighted by atomic mass is 16.5. The number of likely N-dealkylation sites (tertiary alicyclic amines) is 1. The number of pyridine rings is 1. The number of hydrogen-bond donors (Lipinski definition) is 2. The molecule has 2 aromatic rings. The maximum atomic E-state index is 13.0. The van der Waals surface area contributed by atoms with Gasteiger partial charge < -0.3 is 15.0 Å². The van der Waals surface area contributed by atoms with E-state index in [1.807, 2.05) is 26.0 Å². The lowest BCUT2D eigenvalue weighted by molar-refractivity contribution is -0.128. The van der Waals surface area contributed by atoms with Crippen molar-refractivity contribution in [2.75, 3.05) is 26.3 Å². The number of aromatic nitrogens is 4. The third-order valence-corrected chi connectivity index (χ3v) is 5.58. The summed E-state index contributed by atoms with van der Waals surface area (Å²) in [4.78, 5) is 36.3. The van der Waals surface area contributed by atoms with Crippen LogP contribution >= 0.6 is 0 Å². The Kier molecular flexibility index (Phi) is 5.57. The van der Waals surface area contributed by atoms with E-state index < -0.39 is 0 Å². The van der Waals surface area contributed by atoms with Gasteiger partial charge in [-0.25, -0.2) is 9.97 Å². The highest BCUT2D eigenvalue weighted by molar-refractivity contribution is 5.92. The Morgan fingerprint density at radius 1 is 1.17 bits per heavy atom. The lowest BCUT2D eigenvalue weighted by Crippen LogP contribution is -2.44. The van der Waals surface area contributed by atoms with E-state index in [1.165, 1.54) is 0 Å². The summed E-state index contributed by atoms with van der Waals surface area (Å²) in [5.41, 5.74) is 1.20. The predicted molar refractivity (Wildman–Crippen MR) is 104 cm³/mol. The summed E-state index contributed by atoms with van der Waals surface area (Å²) < 4.78 is 5.36. The van der Waals surface area contributed by atoms with E-state index in [1.54, 1.807) is 11.0 Å². The highest BCUT2D eigenvalue weighted by Crippen LogP contribution is 2.27. The highest BCUT2D eigenvalue weighted by Gasteiger charge is 2.40. The van der Waals surface area contributed by atoms with E-state index in [-0.39, 0.29) is 29.7 Å². The van der Waals surface area contributed by atoms with E-state index in [0.29, 0.717) is 43.6 Å². The molecule has 2 aromatic heterocycles. The number of ether oxygens (including phenoxy) is 1. The molecule has 0 aromatic carbocycles. The fraction of sp³-hybridized carbons (Fsp3) is 0.550. The Hall–Kier alpha value is -2.81. The predicted octanol–water partition coefficient (Wildman–Crippen LogP) is 0.968. The topological polar surface area (TPSA) is 113 Å². The van der Waals surface area contributed by atoms with Crippen molar-refractivity contribution >= 4 is 11.8 Å². The van der Waals surface area contributed by atoms with Crippen molar-refractivity contribution in [1.29, 1.82) is 0 Å². The van der Waals surface area contributed by atoms with Crippen molar-refractivity contribution in [2.45, 2.75) is 38.6 Å². The number of carbonyl (C=O) groups excluding carboxylic acids is 2. The Morgan fingerprint density at radius 2 is 1.97 bits per heavy atom. The average molecular weight is 398 g/mol. The van der Waals surface area contributed by atoms with E-state index in [4.69, 9.17) is 4.74 Å². The third kappa shape index (κ3) is 4.29. The van der Waals surface area contributed by atoms with Gasteiger partial charge in [0.05, 0.1) is 12.0 Å². The second-order valence-electron chi connectivity index (χ2n) is 7.76. The summed E-state index contributed by atoms with van der Waals surface area (Å²) in [5, 5.41) is 10.3. The number of hydrogen-bond acceptors (Lipinski definition) is 6. The van der Waals surface area contributed by atoms with Crippen molar-refractivity contribution in [3.05, 3.63) is 41.2 Å². The first kappa shape index (κ1) is 19.5. The first-order valence-electron chi connectivity index (χ1n) is 10.0. The molecular formula is C20H26N6O3. The van der Waals surface area contributed by atoms with Crippen LogP contribution < -0.4 is 5.32 Å². The molecule has 2 N–H and O–H groups in total. The van der Waals surface area contributed by atoms with E-state index in [2.05, 4.69) is 25.5 Å². The van der Waals surface area contributed by atoms with Gasteiger partial charge in [-0.2, -0.15) is 5.10 Å². The summed E-state index contributed by atoms with van der Waals surface area (Å²) in [6, 6.07) is 5.16. The molecule has 2 aliphatic rings. The fourth-order valence-electron chi connectivity index (χ4n) is 3.99. The molecular weight excluding hydrogens is 372 g/mol. The Labute approximate surface area is 169 Å². The van der Waals surface area contributed by atoms with Crippen LogP contribution in [0.5, 0.6) is 0 Å². The number of carbonyl (C=O) groups is 2. The number of rotatable bonds is 4. The largest absolute Gasteiger partial charge is 0.381 e. The van der Waals surface area contributed by atoms with Gasteiger partial charge in [0.25, 0.3) is 5.91 Å². The van der Waals surface area contributed by atoms with Crippen molar-refractivity contribution < 1.29 is 14.3 Å². The summed E-state index contributed by atoms with van der Waals surface area (Å²) >= 11 is 0. The molecule has 2 saturated heterocycles. The first-order chi connectivity index (χ1) is 14.0. The molecule has 0 spiro atoms. The molecule has 0 unspecified atom stereocenters. The third-order valence-electron chi connectivity index (χ3n) is 5.58. The second-order valence-corrected chi connectivity index (χ2v) is 7.76. The van der Waals surface area contributed by atoms with Gasteiger partial charge in [0.15, 0.2) is 5.82 Å². The molecule has 29 heavy (non-hydrogen) atoms. The summed E-state index contributed by atoms with van der Waals surface area (Å²) in [5.74, 6) is 0.971. The molecule has 2 amide bonds. The standard InChI is InChI=1S/C20H26N6O3/c1-12-4-3-5-16(21-12)20(28)26-10-15(18-22-13(2)24-25-18)17(11-26)23-19(27)14-6-8-29-9-7-14/h3-5,14-15,17H,6-11H2,1-2H3,(H,23,27)(H,22,24,25)/t15-,17-/m1/s1. The number of amides is 2. The fourth-order valence-corrected chi connectivity index (χ4v) is 3.99. The molecule has 0 saturated carbocycles. The molecule has 0 bridgehead atoms.